The molecule has 0 spiro atoms. The third-order valence-corrected chi connectivity index (χ3v) is 2.64. The molecule has 13 heavy (non-hydrogen) atoms. The van der Waals surface area contributed by atoms with Crippen LogP contribution >= 0.6 is 11.9 Å². The third-order valence-electron chi connectivity index (χ3n) is 2.25. The van der Waals surface area contributed by atoms with E-state index in [0.29, 0.717) is 6.04 Å². The van der Waals surface area contributed by atoms with Crippen LogP contribution in [0.1, 0.15) is 12.8 Å². The number of urea groups is 1. The fourth-order valence-corrected chi connectivity index (χ4v) is 1.70. The van der Waals surface area contributed by atoms with Gasteiger partial charge in [-0.15, -0.1) is 0 Å². The Morgan fingerprint density at radius 3 is 2.62 bits per heavy atom. The van der Waals surface area contributed by atoms with E-state index < -0.39 is 0 Å². The first kappa shape index (κ1) is 10.7. The number of hydrogen-bond acceptors (Lipinski definition) is 3. The normalized spacial score (nSPS) is 19.8. The Balaban J connectivity index is 2.18. The summed E-state index contributed by atoms with van der Waals surface area (Å²) in [4.78, 5) is 13.4. The smallest absolute Gasteiger partial charge is 0.324 e. The van der Waals surface area contributed by atoms with Crippen molar-refractivity contribution in [2.24, 2.45) is 0 Å². The average molecular weight is 203 g/mol. The van der Waals surface area contributed by atoms with Crippen LogP contribution in [-0.2, 0) is 0 Å². The molecule has 2 amide bonds. The lowest BCUT2D eigenvalue weighted by Gasteiger charge is -2.29. The second-order valence-corrected chi connectivity index (χ2v) is 3.97. The van der Waals surface area contributed by atoms with E-state index in [2.05, 4.69) is 22.0 Å². The first-order chi connectivity index (χ1) is 6.22. The van der Waals surface area contributed by atoms with Gasteiger partial charge < -0.3 is 10.2 Å². The van der Waals surface area contributed by atoms with Gasteiger partial charge in [0.15, 0.2) is 0 Å². The first-order valence-corrected chi connectivity index (χ1v) is 5.73. The molecule has 76 valence electrons. The van der Waals surface area contributed by atoms with Gasteiger partial charge in [-0.3, -0.25) is 4.72 Å². The van der Waals surface area contributed by atoms with Crippen molar-refractivity contribution < 1.29 is 4.79 Å². The minimum Gasteiger partial charge on any atom is -0.335 e. The minimum atomic E-state index is -0.0675. The zero-order chi connectivity index (χ0) is 9.68. The van der Waals surface area contributed by atoms with Gasteiger partial charge in [0.05, 0.1) is 0 Å². The minimum absolute atomic E-state index is 0.0675. The fraction of sp³-hybridized carbons (Fsp3) is 0.875. The highest BCUT2D eigenvalue weighted by atomic mass is 32.2. The van der Waals surface area contributed by atoms with E-state index in [0.717, 1.165) is 25.9 Å². The number of carbonyl (C=O) groups is 1. The van der Waals surface area contributed by atoms with E-state index in [9.17, 15) is 4.79 Å². The maximum atomic E-state index is 11.1. The Morgan fingerprint density at radius 2 is 2.08 bits per heavy atom. The highest BCUT2D eigenvalue weighted by molar-refractivity contribution is 7.97. The number of rotatable bonds is 2. The molecular formula is C8H17N3OS. The van der Waals surface area contributed by atoms with Crippen LogP contribution in [-0.4, -0.2) is 43.4 Å². The first-order valence-electron chi connectivity index (χ1n) is 4.50. The highest BCUT2D eigenvalue weighted by Gasteiger charge is 2.17. The Labute approximate surface area is 83.6 Å². The molecule has 0 radical (unpaired) electrons. The van der Waals surface area contributed by atoms with Crippen LogP contribution in [0, 0.1) is 0 Å². The standard InChI is InChI=1S/C8H17N3OS/c1-11-5-3-7(4-6-11)9-8(12)10-13-2/h7H,3-6H2,1-2H3,(H2,9,10,12). The molecule has 1 saturated heterocycles. The van der Waals surface area contributed by atoms with Gasteiger partial charge in [0, 0.05) is 12.3 Å². The highest BCUT2D eigenvalue weighted by Crippen LogP contribution is 2.07. The lowest BCUT2D eigenvalue weighted by molar-refractivity contribution is 0.218. The molecule has 0 unspecified atom stereocenters. The number of hydrogen-bond donors (Lipinski definition) is 2. The summed E-state index contributed by atoms with van der Waals surface area (Å²) < 4.78 is 2.66. The molecule has 1 heterocycles. The molecule has 0 bridgehead atoms. The van der Waals surface area contributed by atoms with Crippen LogP contribution in [0.4, 0.5) is 4.79 Å². The van der Waals surface area contributed by atoms with E-state index in [1.54, 1.807) is 0 Å². The second kappa shape index (κ2) is 5.34. The van der Waals surface area contributed by atoms with E-state index in [1.165, 1.54) is 11.9 Å². The molecule has 0 saturated carbocycles. The molecule has 0 aromatic heterocycles. The summed E-state index contributed by atoms with van der Waals surface area (Å²) in [6, 6.07) is 0.283. The van der Waals surface area contributed by atoms with E-state index >= 15 is 0 Å². The lowest BCUT2D eigenvalue weighted by Crippen LogP contribution is -2.45. The molecule has 0 aliphatic carbocycles. The topological polar surface area (TPSA) is 44.4 Å². The van der Waals surface area contributed by atoms with Gasteiger partial charge in [0.2, 0.25) is 0 Å². The Hall–Kier alpha value is -0.420. The predicted octanol–water partition coefficient (Wildman–Crippen LogP) is 0.658. The van der Waals surface area contributed by atoms with Crippen molar-refractivity contribution in [2.45, 2.75) is 18.9 Å². The largest absolute Gasteiger partial charge is 0.335 e. The van der Waals surface area contributed by atoms with E-state index in [4.69, 9.17) is 0 Å². The molecule has 0 aromatic rings. The number of nitrogens with zero attached hydrogens (tertiary/aromatic N) is 1. The maximum Gasteiger partial charge on any atom is 0.324 e. The summed E-state index contributed by atoms with van der Waals surface area (Å²) in [6.07, 6.45) is 3.95. The lowest BCUT2D eigenvalue weighted by atomic mass is 10.1. The number of nitrogens with one attached hydrogen (secondary N) is 2. The van der Waals surface area contributed by atoms with Gasteiger partial charge in [-0.25, -0.2) is 4.79 Å². The SMILES string of the molecule is CSNC(=O)NC1CCN(C)CC1. The summed E-state index contributed by atoms with van der Waals surface area (Å²) in [5.41, 5.74) is 0. The van der Waals surface area contributed by atoms with E-state index in [-0.39, 0.29) is 6.03 Å². The van der Waals surface area contributed by atoms with E-state index in [1.807, 2.05) is 6.26 Å². The average Bonchev–Trinajstić information content (AvgIpc) is 2.09. The molecule has 1 aliphatic rings. The van der Waals surface area contributed by atoms with Crippen LogP contribution in [0.5, 0.6) is 0 Å². The molecule has 1 aliphatic heterocycles. The predicted molar refractivity (Wildman–Crippen MR) is 55.7 cm³/mol. The molecule has 1 rings (SSSR count). The summed E-state index contributed by atoms with van der Waals surface area (Å²) in [5.74, 6) is 0. The monoisotopic (exact) mass is 203 g/mol. The molecule has 1 fully saturated rings. The van der Waals surface area contributed by atoms with Crippen molar-refractivity contribution in [3.05, 3.63) is 0 Å². The van der Waals surface area contributed by atoms with Crippen LogP contribution in [0.3, 0.4) is 0 Å². The summed E-state index contributed by atoms with van der Waals surface area (Å²) in [5, 5.41) is 2.94. The molecule has 0 atom stereocenters. The van der Waals surface area contributed by atoms with Crippen LogP contribution in [0.2, 0.25) is 0 Å². The van der Waals surface area contributed by atoms with Crippen molar-refractivity contribution in [3.63, 3.8) is 0 Å². The summed E-state index contributed by atoms with van der Waals surface area (Å²) >= 11 is 1.33. The van der Waals surface area contributed by atoms with Gasteiger partial charge in [0.25, 0.3) is 0 Å². The molecule has 2 N–H and O–H groups in total. The fourth-order valence-electron chi connectivity index (χ4n) is 1.46. The van der Waals surface area contributed by atoms with Gasteiger partial charge in [-0.1, -0.05) is 11.9 Å². The van der Waals surface area contributed by atoms with Crippen molar-refractivity contribution >= 4 is 18.0 Å². The number of piperidine rings is 1. The Bertz CT molecular complexity index is 169. The van der Waals surface area contributed by atoms with Gasteiger partial charge >= 0.3 is 6.03 Å². The summed E-state index contributed by atoms with van der Waals surface area (Å²) in [6.45, 7) is 2.15. The molecule has 0 aromatic carbocycles. The van der Waals surface area contributed by atoms with Crippen LogP contribution < -0.4 is 10.0 Å². The van der Waals surface area contributed by atoms with Crippen molar-refractivity contribution in [1.29, 1.82) is 0 Å². The van der Waals surface area contributed by atoms with Crippen LogP contribution in [0.25, 0.3) is 0 Å². The number of likely N-dealkylation sites (tertiary alicyclic amines) is 1. The molecule has 4 nitrogen and oxygen atoms in total. The Morgan fingerprint density at radius 1 is 1.46 bits per heavy atom. The van der Waals surface area contributed by atoms with Gasteiger partial charge in [0.1, 0.15) is 0 Å². The van der Waals surface area contributed by atoms with Crippen molar-refractivity contribution in [3.8, 4) is 0 Å². The quantitative estimate of drug-likeness (QED) is 0.648. The second-order valence-electron chi connectivity index (χ2n) is 3.36. The van der Waals surface area contributed by atoms with Crippen molar-refractivity contribution in [2.75, 3.05) is 26.4 Å². The molecular weight excluding hydrogens is 186 g/mol. The molecule has 5 heteroatoms. The Kier molecular flexibility index (Phi) is 4.38. The third kappa shape index (κ3) is 3.87. The summed E-state index contributed by atoms with van der Waals surface area (Å²) in [7, 11) is 2.11. The number of amides is 2. The van der Waals surface area contributed by atoms with Crippen molar-refractivity contribution in [1.82, 2.24) is 14.9 Å². The van der Waals surface area contributed by atoms with Gasteiger partial charge in [-0.2, -0.15) is 0 Å². The maximum absolute atomic E-state index is 11.1. The zero-order valence-electron chi connectivity index (χ0n) is 8.17. The number of carbonyl (C=O) groups excluding carboxylic acids is 1. The zero-order valence-corrected chi connectivity index (χ0v) is 8.99. The van der Waals surface area contributed by atoms with Gasteiger partial charge in [-0.05, 0) is 33.0 Å². The van der Waals surface area contributed by atoms with Crippen LogP contribution in [0.15, 0.2) is 0 Å².